The van der Waals surface area contributed by atoms with Gasteiger partial charge >= 0.3 is 0 Å². The highest BCUT2D eigenvalue weighted by Crippen LogP contribution is 2.36. The van der Waals surface area contributed by atoms with Crippen LogP contribution in [-0.4, -0.2) is 23.1 Å². The zero-order valence-corrected chi connectivity index (χ0v) is 13.9. The van der Waals surface area contributed by atoms with Crippen LogP contribution < -0.4 is 5.43 Å². The van der Waals surface area contributed by atoms with Crippen molar-refractivity contribution in [3.63, 3.8) is 0 Å². The van der Waals surface area contributed by atoms with Gasteiger partial charge in [0.2, 0.25) is 0 Å². The number of hydrogen-bond acceptors (Lipinski definition) is 4. The highest BCUT2D eigenvalue weighted by molar-refractivity contribution is 7.15. The van der Waals surface area contributed by atoms with Gasteiger partial charge in [-0.1, -0.05) is 41.8 Å². The molecule has 0 unspecified atom stereocenters. The lowest BCUT2D eigenvalue weighted by Gasteiger charge is -2.26. The van der Waals surface area contributed by atoms with Gasteiger partial charge in [0.1, 0.15) is 5.01 Å². The van der Waals surface area contributed by atoms with E-state index in [0.29, 0.717) is 10.0 Å². The molecular weight excluding hydrogens is 325 g/mol. The molecule has 1 saturated heterocycles. The van der Waals surface area contributed by atoms with Crippen molar-refractivity contribution in [3.05, 3.63) is 39.4 Å². The fourth-order valence-corrected chi connectivity index (χ4v) is 3.78. The number of thiazole rings is 1. The minimum atomic E-state index is 0.579. The molecule has 1 N–H and O–H groups in total. The largest absolute Gasteiger partial charge is 0.248 e. The summed E-state index contributed by atoms with van der Waals surface area (Å²) in [6, 6.07) is 5.69. The number of hydrogen-bond donors (Lipinski definition) is 1. The monoisotopic (exact) mass is 341 g/mol. The van der Waals surface area contributed by atoms with Crippen molar-refractivity contribution in [3.8, 4) is 10.4 Å². The molecule has 0 spiro atoms. The van der Waals surface area contributed by atoms with E-state index in [0.717, 1.165) is 35.1 Å². The van der Waals surface area contributed by atoms with Crippen LogP contribution in [0.4, 0.5) is 0 Å². The van der Waals surface area contributed by atoms with Crippen LogP contribution >= 0.6 is 34.5 Å². The lowest BCUT2D eigenvalue weighted by Crippen LogP contribution is -2.41. The molecule has 1 aromatic carbocycles. The Morgan fingerprint density at radius 1 is 1.19 bits per heavy atom. The summed E-state index contributed by atoms with van der Waals surface area (Å²) in [6.07, 6.45) is 5.75. The third-order valence-electron chi connectivity index (χ3n) is 3.58. The number of halogens is 2. The second kappa shape index (κ2) is 7.07. The van der Waals surface area contributed by atoms with Crippen molar-refractivity contribution < 1.29 is 0 Å². The van der Waals surface area contributed by atoms with Crippen LogP contribution in [0.3, 0.4) is 0 Å². The summed E-state index contributed by atoms with van der Waals surface area (Å²) in [6.45, 7) is 3.01. The maximum absolute atomic E-state index is 6.26. The molecule has 0 amide bonds. The number of piperidine rings is 1. The standard InChI is InChI=1S/C15H17Cl2N3S/c16-12-6-4-5-11(15(12)17)13-9-18-14(21-13)10-19-20-7-2-1-3-8-20/h4-6,9,19H,1-3,7-8,10H2. The van der Waals surface area contributed by atoms with Gasteiger partial charge in [0.25, 0.3) is 0 Å². The summed E-state index contributed by atoms with van der Waals surface area (Å²) < 4.78 is 0. The van der Waals surface area contributed by atoms with Crippen molar-refractivity contribution in [1.82, 2.24) is 15.4 Å². The van der Waals surface area contributed by atoms with Gasteiger partial charge in [-0.3, -0.25) is 0 Å². The Kier molecular flexibility index (Phi) is 5.14. The molecule has 0 saturated carbocycles. The molecule has 1 aliphatic heterocycles. The molecule has 0 atom stereocenters. The molecule has 1 fully saturated rings. The van der Waals surface area contributed by atoms with E-state index in [9.17, 15) is 0 Å². The van der Waals surface area contributed by atoms with Gasteiger partial charge in [-0.2, -0.15) is 0 Å². The summed E-state index contributed by atoms with van der Waals surface area (Å²) in [4.78, 5) is 5.53. The smallest absolute Gasteiger partial charge is 0.108 e. The van der Waals surface area contributed by atoms with Crippen LogP contribution in [0.2, 0.25) is 10.0 Å². The SMILES string of the molecule is Clc1cccc(-c2cnc(CNN3CCCCC3)s2)c1Cl. The van der Waals surface area contributed by atoms with Crippen molar-refractivity contribution >= 4 is 34.5 Å². The minimum absolute atomic E-state index is 0.579. The Hall–Kier alpha value is -0.650. The number of aromatic nitrogens is 1. The number of nitrogens with one attached hydrogen (secondary N) is 1. The molecule has 0 bridgehead atoms. The summed E-state index contributed by atoms with van der Waals surface area (Å²) in [7, 11) is 0. The molecular formula is C15H17Cl2N3S. The molecule has 3 rings (SSSR count). The van der Waals surface area contributed by atoms with Crippen molar-refractivity contribution in [1.29, 1.82) is 0 Å². The molecule has 0 radical (unpaired) electrons. The molecule has 112 valence electrons. The fraction of sp³-hybridized carbons (Fsp3) is 0.400. The average Bonchev–Trinajstić information content (AvgIpc) is 2.98. The van der Waals surface area contributed by atoms with Gasteiger partial charge in [-0.25, -0.2) is 15.4 Å². The first kappa shape index (κ1) is 15.3. The normalized spacial score (nSPS) is 16.3. The zero-order valence-electron chi connectivity index (χ0n) is 11.6. The average molecular weight is 342 g/mol. The van der Waals surface area contributed by atoms with E-state index in [4.69, 9.17) is 23.2 Å². The van der Waals surface area contributed by atoms with E-state index in [1.165, 1.54) is 19.3 Å². The van der Waals surface area contributed by atoms with Gasteiger partial charge in [-0.05, 0) is 18.9 Å². The topological polar surface area (TPSA) is 28.2 Å². The third-order valence-corrected chi connectivity index (χ3v) is 5.43. The Labute approximate surface area is 138 Å². The van der Waals surface area contributed by atoms with Crippen LogP contribution in [0, 0.1) is 0 Å². The van der Waals surface area contributed by atoms with Gasteiger partial charge in [0.15, 0.2) is 0 Å². The number of benzene rings is 1. The van der Waals surface area contributed by atoms with Gasteiger partial charge in [0.05, 0.1) is 21.5 Å². The molecule has 2 aromatic rings. The van der Waals surface area contributed by atoms with E-state index in [1.54, 1.807) is 17.4 Å². The third kappa shape index (κ3) is 3.76. The number of nitrogens with zero attached hydrogens (tertiary/aromatic N) is 2. The molecule has 1 aromatic heterocycles. The van der Waals surface area contributed by atoms with Crippen LogP contribution in [0.15, 0.2) is 24.4 Å². The Morgan fingerprint density at radius 3 is 2.81 bits per heavy atom. The Bertz CT molecular complexity index is 609. The molecule has 2 heterocycles. The van der Waals surface area contributed by atoms with Crippen molar-refractivity contribution in [2.24, 2.45) is 0 Å². The van der Waals surface area contributed by atoms with Gasteiger partial charge in [-0.15, -0.1) is 11.3 Å². The van der Waals surface area contributed by atoms with Gasteiger partial charge in [0, 0.05) is 24.8 Å². The molecule has 6 heteroatoms. The summed E-state index contributed by atoms with van der Waals surface area (Å²) >= 11 is 14.0. The maximum Gasteiger partial charge on any atom is 0.108 e. The Morgan fingerprint density at radius 2 is 2.00 bits per heavy atom. The first-order chi connectivity index (χ1) is 10.2. The molecule has 0 aliphatic carbocycles. The van der Waals surface area contributed by atoms with E-state index in [-0.39, 0.29) is 0 Å². The van der Waals surface area contributed by atoms with E-state index in [1.807, 2.05) is 18.3 Å². The van der Waals surface area contributed by atoms with Crippen molar-refractivity contribution in [2.45, 2.75) is 25.8 Å². The van der Waals surface area contributed by atoms with Crippen LogP contribution in [0.5, 0.6) is 0 Å². The van der Waals surface area contributed by atoms with E-state index < -0.39 is 0 Å². The second-order valence-corrected chi connectivity index (χ2v) is 7.00. The first-order valence-electron chi connectivity index (χ1n) is 7.11. The molecule has 21 heavy (non-hydrogen) atoms. The lowest BCUT2D eigenvalue weighted by atomic mass is 10.2. The van der Waals surface area contributed by atoms with Crippen LogP contribution in [0.25, 0.3) is 10.4 Å². The molecule has 1 aliphatic rings. The zero-order chi connectivity index (χ0) is 14.7. The van der Waals surface area contributed by atoms with E-state index in [2.05, 4.69) is 15.4 Å². The minimum Gasteiger partial charge on any atom is -0.248 e. The van der Waals surface area contributed by atoms with E-state index >= 15 is 0 Å². The van der Waals surface area contributed by atoms with Crippen LogP contribution in [-0.2, 0) is 6.54 Å². The molecule has 3 nitrogen and oxygen atoms in total. The quantitative estimate of drug-likeness (QED) is 0.880. The second-order valence-electron chi connectivity index (χ2n) is 5.10. The summed E-state index contributed by atoms with van der Waals surface area (Å²) in [5.74, 6) is 0. The highest BCUT2D eigenvalue weighted by atomic mass is 35.5. The van der Waals surface area contributed by atoms with Crippen molar-refractivity contribution in [2.75, 3.05) is 13.1 Å². The lowest BCUT2D eigenvalue weighted by molar-refractivity contribution is 0.151. The summed E-state index contributed by atoms with van der Waals surface area (Å²) in [5, 5.41) is 4.53. The number of rotatable bonds is 4. The summed E-state index contributed by atoms with van der Waals surface area (Å²) in [5.41, 5.74) is 4.40. The maximum atomic E-state index is 6.26. The fourth-order valence-electron chi connectivity index (χ4n) is 2.44. The highest BCUT2D eigenvalue weighted by Gasteiger charge is 2.12. The van der Waals surface area contributed by atoms with Crippen LogP contribution in [0.1, 0.15) is 24.3 Å². The predicted octanol–water partition coefficient (Wildman–Crippen LogP) is 4.61. The number of hydrazine groups is 1. The Balaban J connectivity index is 1.67. The first-order valence-corrected chi connectivity index (χ1v) is 8.69. The predicted molar refractivity (Wildman–Crippen MR) is 89.8 cm³/mol. The van der Waals surface area contributed by atoms with Gasteiger partial charge < -0.3 is 0 Å².